The Morgan fingerprint density at radius 1 is 1.38 bits per heavy atom. The number of benzene rings is 1. The predicted octanol–water partition coefficient (Wildman–Crippen LogP) is 3.98. The van der Waals surface area contributed by atoms with Gasteiger partial charge in [-0.2, -0.15) is 5.26 Å². The Morgan fingerprint density at radius 2 is 2.06 bits per heavy atom. The fourth-order valence-corrected chi connectivity index (χ4v) is 1.71. The third-order valence-corrected chi connectivity index (χ3v) is 3.25. The van der Waals surface area contributed by atoms with Crippen molar-refractivity contribution in [3.8, 4) is 6.07 Å². The number of hydrogen-bond acceptors (Lipinski definition) is 2. The van der Waals surface area contributed by atoms with E-state index in [-0.39, 0.29) is 5.92 Å². The number of nitriles is 1. The van der Waals surface area contributed by atoms with Gasteiger partial charge < -0.3 is 4.90 Å². The average Bonchev–Trinajstić information content (AvgIpc) is 2.29. The first-order valence-corrected chi connectivity index (χ1v) is 5.89. The Morgan fingerprint density at radius 3 is 2.56 bits per heavy atom. The van der Waals surface area contributed by atoms with Crippen LogP contribution in [0.5, 0.6) is 0 Å². The van der Waals surface area contributed by atoms with Crippen LogP contribution in [0, 0.1) is 17.2 Å². The number of halogens is 2. The quantitative estimate of drug-likeness (QED) is 0.815. The zero-order valence-electron chi connectivity index (χ0n) is 9.37. The molecule has 0 aliphatic heterocycles. The molecule has 1 atom stereocenters. The van der Waals surface area contributed by atoms with Gasteiger partial charge >= 0.3 is 0 Å². The number of rotatable bonds is 4. The van der Waals surface area contributed by atoms with Crippen molar-refractivity contribution in [1.29, 1.82) is 5.26 Å². The van der Waals surface area contributed by atoms with Crippen molar-refractivity contribution in [2.45, 2.75) is 13.3 Å². The van der Waals surface area contributed by atoms with Gasteiger partial charge in [0.1, 0.15) is 0 Å². The van der Waals surface area contributed by atoms with Crippen LogP contribution in [-0.4, -0.2) is 13.6 Å². The maximum atomic E-state index is 8.90. The first-order valence-electron chi connectivity index (χ1n) is 5.14. The molecule has 0 amide bonds. The zero-order chi connectivity index (χ0) is 12.1. The second-order valence-corrected chi connectivity index (χ2v) is 4.53. The van der Waals surface area contributed by atoms with Crippen molar-refractivity contribution in [1.82, 2.24) is 0 Å². The summed E-state index contributed by atoms with van der Waals surface area (Å²) in [6.07, 6.45) is 0.849. The number of anilines is 1. The van der Waals surface area contributed by atoms with Gasteiger partial charge in [-0.25, -0.2) is 0 Å². The van der Waals surface area contributed by atoms with E-state index in [1.54, 1.807) is 6.07 Å². The van der Waals surface area contributed by atoms with Crippen LogP contribution in [0.2, 0.25) is 10.0 Å². The molecule has 1 aromatic rings. The molecule has 0 saturated carbocycles. The molecule has 16 heavy (non-hydrogen) atoms. The largest absolute Gasteiger partial charge is 0.373 e. The highest BCUT2D eigenvalue weighted by molar-refractivity contribution is 6.42. The van der Waals surface area contributed by atoms with Crippen LogP contribution in [0.15, 0.2) is 18.2 Å². The summed E-state index contributed by atoms with van der Waals surface area (Å²) < 4.78 is 0. The van der Waals surface area contributed by atoms with Crippen LogP contribution in [0.25, 0.3) is 0 Å². The fraction of sp³-hybridized carbons (Fsp3) is 0.417. The van der Waals surface area contributed by atoms with Crippen LogP contribution in [0.1, 0.15) is 13.3 Å². The van der Waals surface area contributed by atoms with Gasteiger partial charge in [0.25, 0.3) is 0 Å². The van der Waals surface area contributed by atoms with Gasteiger partial charge in [0.05, 0.1) is 22.0 Å². The topological polar surface area (TPSA) is 27.0 Å². The molecule has 1 rings (SSSR count). The summed E-state index contributed by atoms with van der Waals surface area (Å²) in [5.74, 6) is 0.0412. The lowest BCUT2D eigenvalue weighted by molar-refractivity contribution is 0.631. The lowest BCUT2D eigenvalue weighted by Crippen LogP contribution is -2.24. The molecular formula is C12H14Cl2N2. The molecule has 0 aliphatic carbocycles. The molecular weight excluding hydrogens is 243 g/mol. The summed E-state index contributed by atoms with van der Waals surface area (Å²) in [4.78, 5) is 2.01. The summed E-state index contributed by atoms with van der Waals surface area (Å²) in [7, 11) is 1.94. The van der Waals surface area contributed by atoms with Gasteiger partial charge in [0.2, 0.25) is 0 Å². The van der Waals surface area contributed by atoms with Gasteiger partial charge in [-0.1, -0.05) is 30.1 Å². The Kier molecular flexibility index (Phi) is 4.92. The molecule has 0 aromatic heterocycles. The van der Waals surface area contributed by atoms with Gasteiger partial charge in [0.15, 0.2) is 0 Å². The van der Waals surface area contributed by atoms with E-state index in [2.05, 4.69) is 6.07 Å². The van der Waals surface area contributed by atoms with Crippen molar-refractivity contribution < 1.29 is 0 Å². The molecule has 0 N–H and O–H groups in total. The minimum absolute atomic E-state index is 0.0412. The summed E-state index contributed by atoms with van der Waals surface area (Å²) >= 11 is 11.8. The molecule has 0 aliphatic rings. The van der Waals surface area contributed by atoms with Crippen LogP contribution >= 0.6 is 23.2 Å². The summed E-state index contributed by atoms with van der Waals surface area (Å²) in [5, 5.41) is 9.98. The molecule has 0 fully saturated rings. The van der Waals surface area contributed by atoms with E-state index in [9.17, 15) is 0 Å². The van der Waals surface area contributed by atoms with E-state index in [0.29, 0.717) is 16.6 Å². The standard InChI is InChI=1S/C12H14Cl2N2/c1-3-9(7-15)8-16(2)10-4-5-11(13)12(14)6-10/h4-6,9H,3,8H2,1-2H3. The van der Waals surface area contributed by atoms with Gasteiger partial charge in [-0.3, -0.25) is 0 Å². The molecule has 1 unspecified atom stereocenters. The Bertz CT molecular complexity index is 398. The molecule has 0 radical (unpaired) electrons. The third-order valence-electron chi connectivity index (χ3n) is 2.51. The van der Waals surface area contributed by atoms with E-state index in [1.807, 2.05) is 31.0 Å². The molecule has 4 heteroatoms. The smallest absolute Gasteiger partial charge is 0.0674 e. The van der Waals surface area contributed by atoms with Gasteiger partial charge in [-0.05, 0) is 24.6 Å². The van der Waals surface area contributed by atoms with E-state index in [1.165, 1.54) is 0 Å². The minimum atomic E-state index is 0.0412. The monoisotopic (exact) mass is 256 g/mol. The summed E-state index contributed by atoms with van der Waals surface area (Å²) in [6, 6.07) is 7.76. The summed E-state index contributed by atoms with van der Waals surface area (Å²) in [6.45, 7) is 2.71. The normalized spacial score (nSPS) is 11.9. The van der Waals surface area contributed by atoms with Crippen molar-refractivity contribution >= 4 is 28.9 Å². The Labute approximate surface area is 106 Å². The first-order chi connectivity index (χ1) is 7.58. The number of hydrogen-bond donors (Lipinski definition) is 0. The maximum absolute atomic E-state index is 8.90. The van der Waals surface area contributed by atoms with E-state index in [4.69, 9.17) is 28.5 Å². The predicted molar refractivity (Wildman–Crippen MR) is 69.1 cm³/mol. The van der Waals surface area contributed by atoms with E-state index >= 15 is 0 Å². The van der Waals surface area contributed by atoms with Crippen LogP contribution in [0.3, 0.4) is 0 Å². The molecule has 0 heterocycles. The van der Waals surface area contributed by atoms with E-state index in [0.717, 1.165) is 12.1 Å². The lowest BCUT2D eigenvalue weighted by atomic mass is 10.1. The van der Waals surface area contributed by atoms with Crippen LogP contribution in [-0.2, 0) is 0 Å². The molecule has 86 valence electrons. The molecule has 1 aromatic carbocycles. The molecule has 0 bridgehead atoms. The number of nitrogens with zero attached hydrogens (tertiary/aromatic N) is 2. The second kappa shape index (κ2) is 5.98. The minimum Gasteiger partial charge on any atom is -0.373 e. The Hall–Kier alpha value is -0.910. The maximum Gasteiger partial charge on any atom is 0.0674 e. The van der Waals surface area contributed by atoms with Crippen molar-refractivity contribution in [3.63, 3.8) is 0 Å². The van der Waals surface area contributed by atoms with Crippen molar-refractivity contribution in [2.75, 3.05) is 18.5 Å². The molecule has 0 spiro atoms. The van der Waals surface area contributed by atoms with Crippen LogP contribution in [0.4, 0.5) is 5.69 Å². The summed E-state index contributed by atoms with van der Waals surface area (Å²) in [5.41, 5.74) is 0.975. The highest BCUT2D eigenvalue weighted by Gasteiger charge is 2.10. The first kappa shape index (κ1) is 13.2. The van der Waals surface area contributed by atoms with E-state index < -0.39 is 0 Å². The second-order valence-electron chi connectivity index (χ2n) is 3.71. The Balaban J connectivity index is 2.77. The van der Waals surface area contributed by atoms with Crippen LogP contribution < -0.4 is 4.90 Å². The van der Waals surface area contributed by atoms with Gasteiger partial charge in [-0.15, -0.1) is 0 Å². The third kappa shape index (κ3) is 3.30. The molecule has 0 saturated heterocycles. The highest BCUT2D eigenvalue weighted by Crippen LogP contribution is 2.27. The lowest BCUT2D eigenvalue weighted by Gasteiger charge is -2.21. The highest BCUT2D eigenvalue weighted by atomic mass is 35.5. The fourth-order valence-electron chi connectivity index (χ4n) is 1.42. The average molecular weight is 257 g/mol. The SMILES string of the molecule is CCC(C#N)CN(C)c1ccc(Cl)c(Cl)c1. The van der Waals surface area contributed by atoms with Crippen molar-refractivity contribution in [2.24, 2.45) is 5.92 Å². The van der Waals surface area contributed by atoms with Gasteiger partial charge in [0, 0.05) is 19.3 Å². The zero-order valence-corrected chi connectivity index (χ0v) is 10.9. The van der Waals surface area contributed by atoms with Crippen molar-refractivity contribution in [3.05, 3.63) is 28.2 Å². The molecule has 2 nitrogen and oxygen atoms in total.